The summed E-state index contributed by atoms with van der Waals surface area (Å²) in [5.74, 6) is -0.430. The Labute approximate surface area is 178 Å². The number of nitrogens with one attached hydrogen (secondary N) is 3. The van der Waals surface area contributed by atoms with Gasteiger partial charge in [0.2, 0.25) is 5.91 Å². The highest BCUT2D eigenvalue weighted by Crippen LogP contribution is 2.35. The first-order valence-corrected chi connectivity index (χ1v) is 10.6. The third-order valence-electron chi connectivity index (χ3n) is 5.96. The fourth-order valence-electron chi connectivity index (χ4n) is 4.33. The predicted octanol–water partition coefficient (Wildman–Crippen LogP) is 3.21. The van der Waals surface area contributed by atoms with Crippen molar-refractivity contribution in [2.24, 2.45) is 5.92 Å². The average molecular weight is 426 g/mol. The van der Waals surface area contributed by atoms with Crippen LogP contribution in [-0.4, -0.2) is 46.0 Å². The SMILES string of the molecule is O=C(N[C@@H]1CCCN(c2ncnc3[nH]ccc23)C1)[C@H](Nc1cc(F)cc(F)c1)C1CC1. The Hall–Kier alpha value is -3.23. The molecule has 0 bridgehead atoms. The number of amides is 1. The van der Waals surface area contributed by atoms with E-state index < -0.39 is 17.7 Å². The molecule has 1 saturated heterocycles. The third kappa shape index (κ3) is 4.30. The number of nitrogens with zero attached hydrogens (tertiary/aromatic N) is 3. The van der Waals surface area contributed by atoms with Gasteiger partial charge in [0.05, 0.1) is 5.39 Å². The van der Waals surface area contributed by atoms with E-state index >= 15 is 0 Å². The van der Waals surface area contributed by atoms with Crippen LogP contribution in [0.15, 0.2) is 36.8 Å². The first-order chi connectivity index (χ1) is 15.1. The van der Waals surface area contributed by atoms with E-state index in [9.17, 15) is 13.6 Å². The maximum Gasteiger partial charge on any atom is 0.243 e. The van der Waals surface area contributed by atoms with E-state index in [0.717, 1.165) is 55.1 Å². The Bertz CT molecular complexity index is 1080. The van der Waals surface area contributed by atoms with Crippen molar-refractivity contribution in [3.8, 4) is 0 Å². The van der Waals surface area contributed by atoms with E-state index in [1.807, 2.05) is 12.3 Å². The highest BCUT2D eigenvalue weighted by Gasteiger charge is 2.37. The molecule has 5 rings (SSSR count). The monoisotopic (exact) mass is 426 g/mol. The molecule has 0 radical (unpaired) electrons. The molecule has 3 heterocycles. The zero-order valence-corrected chi connectivity index (χ0v) is 16.9. The molecular weight excluding hydrogens is 402 g/mol. The lowest BCUT2D eigenvalue weighted by atomic mass is 10.0. The molecule has 1 saturated carbocycles. The molecule has 162 valence electrons. The highest BCUT2D eigenvalue weighted by molar-refractivity contribution is 5.88. The standard InChI is InChI=1S/C22H24F2N6O/c23-14-8-15(24)10-17(9-14)28-19(13-3-4-13)22(31)29-16-2-1-7-30(11-16)21-18-5-6-25-20(18)26-12-27-21/h5-6,8-10,12-13,16,19,28H,1-4,7,11H2,(H,29,31)(H,25,26,27)/t16-,19-/m1/s1. The number of carbonyl (C=O) groups excluding carboxylic acids is 1. The Morgan fingerprint density at radius 2 is 1.97 bits per heavy atom. The maximum atomic E-state index is 13.6. The molecule has 3 aromatic rings. The molecule has 1 aliphatic carbocycles. The predicted molar refractivity (Wildman–Crippen MR) is 114 cm³/mol. The zero-order chi connectivity index (χ0) is 21.4. The molecule has 2 aliphatic rings. The minimum Gasteiger partial charge on any atom is -0.373 e. The quantitative estimate of drug-likeness (QED) is 0.564. The Morgan fingerprint density at radius 1 is 1.16 bits per heavy atom. The van der Waals surface area contributed by atoms with Crippen LogP contribution in [0.3, 0.4) is 0 Å². The second-order valence-electron chi connectivity index (χ2n) is 8.35. The molecule has 31 heavy (non-hydrogen) atoms. The number of H-pyrrole nitrogens is 1. The molecule has 2 fully saturated rings. The van der Waals surface area contributed by atoms with Crippen molar-refractivity contribution in [1.29, 1.82) is 0 Å². The lowest BCUT2D eigenvalue weighted by Gasteiger charge is -2.35. The number of halogens is 2. The van der Waals surface area contributed by atoms with Gasteiger partial charge in [0.25, 0.3) is 0 Å². The zero-order valence-electron chi connectivity index (χ0n) is 16.9. The van der Waals surface area contributed by atoms with Gasteiger partial charge in [-0.25, -0.2) is 18.7 Å². The van der Waals surface area contributed by atoms with Gasteiger partial charge in [-0.1, -0.05) is 0 Å². The normalized spacial score (nSPS) is 19.9. The molecule has 1 amide bonds. The van der Waals surface area contributed by atoms with Crippen molar-refractivity contribution < 1.29 is 13.6 Å². The first kappa shape index (κ1) is 19.7. The minimum absolute atomic E-state index is 0.0301. The Kier molecular flexibility index (Phi) is 5.17. The number of piperidine rings is 1. The molecule has 9 heteroatoms. The number of rotatable bonds is 6. The summed E-state index contributed by atoms with van der Waals surface area (Å²) in [5, 5.41) is 7.15. The second kappa shape index (κ2) is 8.13. The van der Waals surface area contributed by atoms with E-state index in [1.54, 1.807) is 6.33 Å². The molecule has 0 unspecified atom stereocenters. The number of aromatic amines is 1. The van der Waals surface area contributed by atoms with Crippen LogP contribution in [0.4, 0.5) is 20.3 Å². The van der Waals surface area contributed by atoms with Crippen LogP contribution in [-0.2, 0) is 4.79 Å². The van der Waals surface area contributed by atoms with Crippen molar-refractivity contribution in [3.63, 3.8) is 0 Å². The van der Waals surface area contributed by atoms with Gasteiger partial charge in [0.1, 0.15) is 35.5 Å². The summed E-state index contributed by atoms with van der Waals surface area (Å²) < 4.78 is 27.1. The van der Waals surface area contributed by atoms with Gasteiger partial charge in [0, 0.05) is 37.1 Å². The van der Waals surface area contributed by atoms with Crippen molar-refractivity contribution in [3.05, 3.63) is 48.4 Å². The summed E-state index contributed by atoms with van der Waals surface area (Å²) in [6.07, 6.45) is 7.03. The number of hydrogen-bond acceptors (Lipinski definition) is 5. The van der Waals surface area contributed by atoms with E-state index in [4.69, 9.17) is 0 Å². The van der Waals surface area contributed by atoms with Crippen molar-refractivity contribution in [2.75, 3.05) is 23.3 Å². The molecule has 7 nitrogen and oxygen atoms in total. The van der Waals surface area contributed by atoms with Crippen LogP contribution in [0.1, 0.15) is 25.7 Å². The molecular formula is C22H24F2N6O. The van der Waals surface area contributed by atoms with Crippen LogP contribution in [0.5, 0.6) is 0 Å². The van der Waals surface area contributed by atoms with Gasteiger partial charge >= 0.3 is 0 Å². The summed E-state index contributed by atoms with van der Waals surface area (Å²) in [5.41, 5.74) is 1.07. The Balaban J connectivity index is 1.28. The molecule has 1 aliphatic heterocycles. The largest absolute Gasteiger partial charge is 0.373 e. The van der Waals surface area contributed by atoms with E-state index in [0.29, 0.717) is 6.54 Å². The lowest BCUT2D eigenvalue weighted by molar-refractivity contribution is -0.123. The topological polar surface area (TPSA) is 85.9 Å². The minimum atomic E-state index is -0.665. The summed E-state index contributed by atoms with van der Waals surface area (Å²) >= 11 is 0. The highest BCUT2D eigenvalue weighted by atomic mass is 19.1. The van der Waals surface area contributed by atoms with E-state index in [1.165, 1.54) is 12.1 Å². The molecule has 3 N–H and O–H groups in total. The third-order valence-corrected chi connectivity index (χ3v) is 5.96. The van der Waals surface area contributed by atoms with Gasteiger partial charge in [0.15, 0.2) is 0 Å². The van der Waals surface area contributed by atoms with E-state index in [2.05, 4.69) is 30.5 Å². The van der Waals surface area contributed by atoms with Crippen LogP contribution in [0.25, 0.3) is 11.0 Å². The smallest absolute Gasteiger partial charge is 0.243 e. The van der Waals surface area contributed by atoms with Crippen LogP contribution in [0, 0.1) is 17.6 Å². The van der Waals surface area contributed by atoms with Crippen molar-refractivity contribution in [2.45, 2.75) is 37.8 Å². The first-order valence-electron chi connectivity index (χ1n) is 10.6. The molecule has 2 aromatic heterocycles. The second-order valence-corrected chi connectivity index (χ2v) is 8.35. The van der Waals surface area contributed by atoms with Crippen molar-refractivity contribution >= 4 is 28.4 Å². The van der Waals surface area contributed by atoms with Gasteiger partial charge in [-0.3, -0.25) is 4.79 Å². The molecule has 0 spiro atoms. The van der Waals surface area contributed by atoms with Crippen molar-refractivity contribution in [1.82, 2.24) is 20.3 Å². The summed E-state index contributed by atoms with van der Waals surface area (Å²) in [6.45, 7) is 1.51. The number of carbonyl (C=O) groups is 1. The summed E-state index contributed by atoms with van der Waals surface area (Å²) in [7, 11) is 0. The average Bonchev–Trinajstić information content (AvgIpc) is 3.46. The number of aromatic nitrogens is 3. The van der Waals surface area contributed by atoms with Crippen LogP contribution < -0.4 is 15.5 Å². The fraction of sp³-hybridized carbons (Fsp3) is 0.409. The fourth-order valence-corrected chi connectivity index (χ4v) is 4.33. The summed E-state index contributed by atoms with van der Waals surface area (Å²) in [6, 6.07) is 4.67. The number of hydrogen-bond donors (Lipinski definition) is 3. The van der Waals surface area contributed by atoms with E-state index in [-0.39, 0.29) is 23.6 Å². The lowest BCUT2D eigenvalue weighted by Crippen LogP contribution is -2.52. The van der Waals surface area contributed by atoms with Crippen LogP contribution in [0.2, 0.25) is 0 Å². The number of anilines is 2. The Morgan fingerprint density at radius 3 is 2.74 bits per heavy atom. The maximum absolute atomic E-state index is 13.6. The summed E-state index contributed by atoms with van der Waals surface area (Å²) in [4.78, 5) is 27.0. The number of fused-ring (bicyclic) bond motifs is 1. The van der Waals surface area contributed by atoms with Gasteiger partial charge < -0.3 is 20.5 Å². The molecule has 2 atom stereocenters. The van der Waals surface area contributed by atoms with Gasteiger partial charge in [-0.15, -0.1) is 0 Å². The van der Waals surface area contributed by atoms with Gasteiger partial charge in [-0.2, -0.15) is 0 Å². The van der Waals surface area contributed by atoms with Gasteiger partial charge in [-0.05, 0) is 49.8 Å². The number of benzene rings is 1. The van der Waals surface area contributed by atoms with Crippen LogP contribution >= 0.6 is 0 Å². The molecule has 1 aromatic carbocycles.